The molecule has 0 aromatic heterocycles. The van der Waals surface area contributed by atoms with Gasteiger partial charge in [0.15, 0.2) is 5.96 Å². The zero-order chi connectivity index (χ0) is 16.5. The number of carbonyl (C=O) groups excluding carboxylic acids is 1. The van der Waals surface area contributed by atoms with Crippen LogP contribution in [0.4, 0.5) is 5.69 Å². The second kappa shape index (κ2) is 9.07. The number of aliphatic imine (C=N–C) groups is 1. The van der Waals surface area contributed by atoms with Crippen LogP contribution in [0.2, 0.25) is 0 Å². The Balaban J connectivity index is 2.46. The molecule has 5 nitrogen and oxygen atoms in total. The minimum Gasteiger partial charge on any atom is -0.370 e. The van der Waals surface area contributed by atoms with E-state index in [9.17, 15) is 4.79 Å². The van der Waals surface area contributed by atoms with Crippen LogP contribution in [0.15, 0.2) is 29.3 Å². The summed E-state index contributed by atoms with van der Waals surface area (Å²) in [7, 11) is 0. The number of anilines is 1. The molecule has 1 unspecified atom stereocenters. The molecule has 1 rings (SSSR count). The molecule has 1 aromatic rings. The Morgan fingerprint density at radius 1 is 1.32 bits per heavy atom. The van der Waals surface area contributed by atoms with Crippen molar-refractivity contribution in [2.75, 3.05) is 11.9 Å². The number of carbonyl (C=O) groups is 1. The van der Waals surface area contributed by atoms with Crippen molar-refractivity contribution < 1.29 is 4.79 Å². The van der Waals surface area contributed by atoms with Gasteiger partial charge in [-0.3, -0.25) is 9.79 Å². The first-order chi connectivity index (χ1) is 10.4. The average molecular weight is 304 g/mol. The summed E-state index contributed by atoms with van der Waals surface area (Å²) in [4.78, 5) is 15.8. The third-order valence-electron chi connectivity index (χ3n) is 3.47. The largest absolute Gasteiger partial charge is 0.370 e. The predicted molar refractivity (Wildman–Crippen MR) is 93.2 cm³/mol. The number of rotatable bonds is 7. The van der Waals surface area contributed by atoms with Crippen molar-refractivity contribution in [2.24, 2.45) is 10.7 Å². The molecular formula is C17H28N4O. The molecule has 0 aliphatic carbocycles. The summed E-state index contributed by atoms with van der Waals surface area (Å²) in [5.41, 5.74) is 8.01. The number of benzene rings is 1. The Morgan fingerprint density at radius 3 is 2.68 bits per heavy atom. The maximum Gasteiger partial charge on any atom is 0.222 e. The summed E-state index contributed by atoms with van der Waals surface area (Å²) in [5.74, 6) is 0.800. The molecule has 4 N–H and O–H groups in total. The third-order valence-corrected chi connectivity index (χ3v) is 3.47. The van der Waals surface area contributed by atoms with Crippen molar-refractivity contribution >= 4 is 17.6 Å². The van der Waals surface area contributed by atoms with E-state index in [4.69, 9.17) is 5.73 Å². The molecule has 1 atom stereocenters. The minimum atomic E-state index is 0.00713. The van der Waals surface area contributed by atoms with Gasteiger partial charge in [0.2, 0.25) is 5.91 Å². The zero-order valence-corrected chi connectivity index (χ0v) is 14.0. The van der Waals surface area contributed by atoms with Gasteiger partial charge in [-0.05, 0) is 37.0 Å². The second-order valence-corrected chi connectivity index (χ2v) is 5.80. The molecule has 0 aliphatic rings. The van der Waals surface area contributed by atoms with Crippen molar-refractivity contribution in [1.82, 2.24) is 5.32 Å². The highest BCUT2D eigenvalue weighted by Crippen LogP contribution is 2.18. The van der Waals surface area contributed by atoms with E-state index in [1.807, 2.05) is 26.0 Å². The predicted octanol–water partition coefficient (Wildman–Crippen LogP) is 2.84. The van der Waals surface area contributed by atoms with Gasteiger partial charge in [0.05, 0.1) is 6.54 Å². The SMILES string of the molecule is CCC(C)NC(=O)CCN=C(N)Nc1cccc(C(C)C)c1. The first-order valence-electron chi connectivity index (χ1n) is 7.88. The van der Waals surface area contributed by atoms with Crippen LogP contribution in [0.3, 0.4) is 0 Å². The summed E-state index contributed by atoms with van der Waals surface area (Å²) in [6, 6.07) is 8.28. The molecule has 0 heterocycles. The van der Waals surface area contributed by atoms with Gasteiger partial charge in [-0.25, -0.2) is 0 Å². The van der Waals surface area contributed by atoms with Gasteiger partial charge in [-0.1, -0.05) is 32.9 Å². The maximum atomic E-state index is 11.6. The fourth-order valence-corrected chi connectivity index (χ4v) is 1.89. The Morgan fingerprint density at radius 2 is 2.05 bits per heavy atom. The molecule has 1 amide bonds. The standard InChI is InChI=1S/C17H28N4O/c1-5-13(4)20-16(22)9-10-19-17(18)21-15-8-6-7-14(11-15)12(2)3/h6-8,11-13H,5,9-10H2,1-4H3,(H,20,22)(H3,18,19,21). The van der Waals surface area contributed by atoms with Gasteiger partial charge < -0.3 is 16.4 Å². The van der Waals surface area contributed by atoms with E-state index >= 15 is 0 Å². The van der Waals surface area contributed by atoms with Crippen LogP contribution in [0.1, 0.15) is 52.0 Å². The third kappa shape index (κ3) is 6.61. The van der Waals surface area contributed by atoms with E-state index in [-0.39, 0.29) is 11.9 Å². The van der Waals surface area contributed by atoms with Gasteiger partial charge in [0, 0.05) is 18.2 Å². The Labute approximate surface area is 133 Å². The molecular weight excluding hydrogens is 276 g/mol. The molecule has 0 bridgehead atoms. The van der Waals surface area contributed by atoms with Gasteiger partial charge in [-0.2, -0.15) is 0 Å². The van der Waals surface area contributed by atoms with Crippen molar-refractivity contribution in [3.05, 3.63) is 29.8 Å². The highest BCUT2D eigenvalue weighted by Gasteiger charge is 2.05. The van der Waals surface area contributed by atoms with Crippen LogP contribution in [0.5, 0.6) is 0 Å². The number of guanidine groups is 1. The normalized spacial score (nSPS) is 13.0. The fraction of sp³-hybridized carbons (Fsp3) is 0.529. The number of hydrogen-bond acceptors (Lipinski definition) is 2. The van der Waals surface area contributed by atoms with E-state index in [1.165, 1.54) is 5.56 Å². The summed E-state index contributed by atoms with van der Waals surface area (Å²) in [5, 5.41) is 5.96. The second-order valence-electron chi connectivity index (χ2n) is 5.80. The van der Waals surface area contributed by atoms with E-state index in [0.29, 0.717) is 24.8 Å². The summed E-state index contributed by atoms with van der Waals surface area (Å²) >= 11 is 0. The molecule has 0 saturated carbocycles. The summed E-state index contributed by atoms with van der Waals surface area (Å²) < 4.78 is 0. The molecule has 5 heteroatoms. The highest BCUT2D eigenvalue weighted by molar-refractivity contribution is 5.92. The molecule has 0 saturated heterocycles. The van der Waals surface area contributed by atoms with Gasteiger partial charge in [0.1, 0.15) is 0 Å². The molecule has 22 heavy (non-hydrogen) atoms. The smallest absolute Gasteiger partial charge is 0.222 e. The lowest BCUT2D eigenvalue weighted by molar-refractivity contribution is -0.121. The van der Waals surface area contributed by atoms with Crippen LogP contribution in [0, 0.1) is 0 Å². The quantitative estimate of drug-likeness (QED) is 0.535. The number of nitrogens with zero attached hydrogens (tertiary/aromatic N) is 1. The fourth-order valence-electron chi connectivity index (χ4n) is 1.89. The lowest BCUT2D eigenvalue weighted by atomic mass is 10.0. The first kappa shape index (κ1) is 18.0. The van der Waals surface area contributed by atoms with Gasteiger partial charge >= 0.3 is 0 Å². The molecule has 1 aromatic carbocycles. The molecule has 122 valence electrons. The number of nitrogens with one attached hydrogen (secondary N) is 2. The van der Waals surface area contributed by atoms with Gasteiger partial charge in [-0.15, -0.1) is 0 Å². The molecule has 0 spiro atoms. The van der Waals surface area contributed by atoms with Crippen LogP contribution in [-0.2, 0) is 4.79 Å². The van der Waals surface area contributed by atoms with Crippen LogP contribution in [0.25, 0.3) is 0 Å². The van der Waals surface area contributed by atoms with Crippen LogP contribution >= 0.6 is 0 Å². The molecule has 0 radical (unpaired) electrons. The topological polar surface area (TPSA) is 79.5 Å². The number of hydrogen-bond donors (Lipinski definition) is 3. The molecule has 0 aliphatic heterocycles. The summed E-state index contributed by atoms with van der Waals surface area (Å²) in [6.07, 6.45) is 1.27. The average Bonchev–Trinajstić information content (AvgIpc) is 2.47. The summed E-state index contributed by atoms with van der Waals surface area (Å²) in [6.45, 7) is 8.69. The Kier molecular flexibility index (Phi) is 7.43. The monoisotopic (exact) mass is 304 g/mol. The van der Waals surface area contributed by atoms with Crippen molar-refractivity contribution in [3.63, 3.8) is 0 Å². The maximum absolute atomic E-state index is 11.6. The van der Waals surface area contributed by atoms with Crippen LogP contribution < -0.4 is 16.4 Å². The van der Waals surface area contributed by atoms with Crippen LogP contribution in [-0.4, -0.2) is 24.5 Å². The van der Waals surface area contributed by atoms with E-state index in [0.717, 1.165) is 12.1 Å². The van der Waals surface area contributed by atoms with E-state index in [2.05, 4.69) is 41.6 Å². The molecule has 0 fully saturated rings. The number of nitrogens with two attached hydrogens (primary N) is 1. The zero-order valence-electron chi connectivity index (χ0n) is 14.0. The lowest BCUT2D eigenvalue weighted by Gasteiger charge is -2.11. The van der Waals surface area contributed by atoms with E-state index in [1.54, 1.807) is 0 Å². The van der Waals surface area contributed by atoms with Crippen molar-refractivity contribution in [1.29, 1.82) is 0 Å². The van der Waals surface area contributed by atoms with Crippen molar-refractivity contribution in [2.45, 2.75) is 52.5 Å². The lowest BCUT2D eigenvalue weighted by Crippen LogP contribution is -2.32. The van der Waals surface area contributed by atoms with Crippen molar-refractivity contribution in [3.8, 4) is 0 Å². The van der Waals surface area contributed by atoms with Gasteiger partial charge in [0.25, 0.3) is 0 Å². The Bertz CT molecular complexity index is 511. The number of amides is 1. The Hall–Kier alpha value is -2.04. The minimum absolute atomic E-state index is 0.00713. The first-order valence-corrected chi connectivity index (χ1v) is 7.88. The highest BCUT2D eigenvalue weighted by atomic mass is 16.1. The van der Waals surface area contributed by atoms with E-state index < -0.39 is 0 Å².